The minimum absolute atomic E-state index is 0. The lowest BCUT2D eigenvalue weighted by molar-refractivity contribution is -0.149. The molecule has 0 aromatic heterocycles. The van der Waals surface area contributed by atoms with Gasteiger partial charge in [0.05, 0.1) is 0 Å². The number of alkyl halides is 3. The molecule has 0 rings (SSSR count). The van der Waals surface area contributed by atoms with Crippen molar-refractivity contribution < 1.29 is 13.2 Å². The third kappa shape index (κ3) is 6.73. The number of hydrogen-bond acceptors (Lipinski definition) is 1. The van der Waals surface area contributed by atoms with E-state index in [1.807, 2.05) is 6.92 Å². The van der Waals surface area contributed by atoms with Crippen LogP contribution in [-0.2, 0) is 0 Å². The zero-order valence-electron chi connectivity index (χ0n) is 7.03. The van der Waals surface area contributed by atoms with Gasteiger partial charge in [0.15, 0.2) is 0 Å². The van der Waals surface area contributed by atoms with Crippen LogP contribution in [0.2, 0.25) is 0 Å². The number of nitrogens with two attached hydrogens (primary N) is 1. The number of rotatable bonds is 4. The summed E-state index contributed by atoms with van der Waals surface area (Å²) in [6.07, 6.45) is -1.85. The van der Waals surface area contributed by atoms with E-state index in [0.717, 1.165) is 12.8 Å². The molecule has 76 valence electrons. The second-order valence-corrected chi connectivity index (χ2v) is 2.64. The van der Waals surface area contributed by atoms with Gasteiger partial charge in [0.25, 0.3) is 0 Å². The predicted octanol–water partition coefficient (Wildman–Crippen LogP) is 2.88. The number of unbranched alkanes of at least 4 members (excludes halogenated alkanes) is 2. The van der Waals surface area contributed by atoms with Gasteiger partial charge < -0.3 is 5.73 Å². The molecule has 0 spiro atoms. The van der Waals surface area contributed by atoms with Gasteiger partial charge in [0.1, 0.15) is 6.04 Å². The molecule has 1 atom stereocenters. The Hall–Kier alpha value is 0.0400. The zero-order chi connectivity index (χ0) is 8.91. The van der Waals surface area contributed by atoms with E-state index in [9.17, 15) is 13.2 Å². The van der Waals surface area contributed by atoms with E-state index < -0.39 is 12.2 Å². The molecule has 0 heterocycles. The maximum atomic E-state index is 11.8. The van der Waals surface area contributed by atoms with E-state index in [1.54, 1.807) is 0 Å². The first-order valence-corrected chi connectivity index (χ1v) is 3.80. The van der Waals surface area contributed by atoms with E-state index in [4.69, 9.17) is 5.73 Å². The summed E-state index contributed by atoms with van der Waals surface area (Å²) >= 11 is 0. The first-order valence-electron chi connectivity index (χ1n) is 3.80. The summed E-state index contributed by atoms with van der Waals surface area (Å²) in [5.41, 5.74) is 4.87. The molecule has 0 aliphatic heterocycles. The van der Waals surface area contributed by atoms with Crippen molar-refractivity contribution in [1.29, 1.82) is 0 Å². The second-order valence-electron chi connectivity index (χ2n) is 2.64. The van der Waals surface area contributed by atoms with Crippen molar-refractivity contribution in [3.63, 3.8) is 0 Å². The lowest BCUT2D eigenvalue weighted by atomic mass is 10.1. The topological polar surface area (TPSA) is 26.0 Å². The molecule has 12 heavy (non-hydrogen) atoms. The van der Waals surface area contributed by atoms with Crippen LogP contribution in [-0.4, -0.2) is 12.2 Å². The molecular weight excluding hydrogens is 191 g/mol. The summed E-state index contributed by atoms with van der Waals surface area (Å²) < 4.78 is 35.3. The van der Waals surface area contributed by atoms with Crippen molar-refractivity contribution in [2.24, 2.45) is 5.73 Å². The predicted molar refractivity (Wildman–Crippen MR) is 45.4 cm³/mol. The average Bonchev–Trinajstić information content (AvgIpc) is 1.86. The fraction of sp³-hybridized carbons (Fsp3) is 1.00. The van der Waals surface area contributed by atoms with Gasteiger partial charge in [-0.2, -0.15) is 13.2 Å². The van der Waals surface area contributed by atoms with E-state index in [-0.39, 0.29) is 18.8 Å². The van der Waals surface area contributed by atoms with Gasteiger partial charge in [0, 0.05) is 0 Å². The largest absolute Gasteiger partial charge is 0.403 e. The summed E-state index contributed by atoms with van der Waals surface area (Å²) in [6, 6.07) is -1.63. The summed E-state index contributed by atoms with van der Waals surface area (Å²) in [5, 5.41) is 0. The Morgan fingerprint density at radius 3 is 2.08 bits per heavy atom. The number of halogens is 4. The third-order valence-corrected chi connectivity index (χ3v) is 1.54. The van der Waals surface area contributed by atoms with Gasteiger partial charge >= 0.3 is 6.18 Å². The standard InChI is InChI=1S/C7H14F3N.ClH/c1-2-3-4-5-6(11)7(8,9)10;/h6H,2-5,11H2,1H3;1H/t6-;/m1./s1. The van der Waals surface area contributed by atoms with Crippen molar-refractivity contribution in [2.45, 2.75) is 44.8 Å². The van der Waals surface area contributed by atoms with E-state index in [1.165, 1.54) is 0 Å². The minimum atomic E-state index is -4.21. The Morgan fingerprint density at radius 1 is 1.25 bits per heavy atom. The molecule has 0 amide bonds. The molecule has 5 heteroatoms. The van der Waals surface area contributed by atoms with Gasteiger partial charge in [0.2, 0.25) is 0 Å². The molecule has 0 aliphatic carbocycles. The first kappa shape index (κ1) is 14.6. The van der Waals surface area contributed by atoms with Crippen LogP contribution < -0.4 is 5.73 Å². The summed E-state index contributed by atoms with van der Waals surface area (Å²) in [5.74, 6) is 0. The van der Waals surface area contributed by atoms with Crippen molar-refractivity contribution in [1.82, 2.24) is 0 Å². The Bertz CT molecular complexity index is 105. The lowest BCUT2D eigenvalue weighted by Gasteiger charge is -2.14. The molecule has 1 nitrogen and oxygen atoms in total. The van der Waals surface area contributed by atoms with Crippen LogP contribution in [0.25, 0.3) is 0 Å². The van der Waals surface area contributed by atoms with Crippen LogP contribution in [0.3, 0.4) is 0 Å². The van der Waals surface area contributed by atoms with Crippen LogP contribution in [0.4, 0.5) is 13.2 Å². The molecule has 0 bridgehead atoms. The van der Waals surface area contributed by atoms with E-state index in [0.29, 0.717) is 6.42 Å². The molecule has 0 saturated heterocycles. The molecule has 0 radical (unpaired) electrons. The van der Waals surface area contributed by atoms with Crippen molar-refractivity contribution >= 4 is 12.4 Å². The van der Waals surface area contributed by atoms with Gasteiger partial charge in [-0.05, 0) is 6.42 Å². The Balaban J connectivity index is 0. The van der Waals surface area contributed by atoms with Gasteiger partial charge in [-0.15, -0.1) is 12.4 Å². The van der Waals surface area contributed by atoms with Gasteiger partial charge in [-0.3, -0.25) is 0 Å². The van der Waals surface area contributed by atoms with Crippen LogP contribution >= 0.6 is 12.4 Å². The minimum Gasteiger partial charge on any atom is -0.320 e. The number of hydrogen-bond donors (Lipinski definition) is 1. The monoisotopic (exact) mass is 205 g/mol. The quantitative estimate of drug-likeness (QED) is 0.702. The van der Waals surface area contributed by atoms with Crippen LogP contribution in [0.5, 0.6) is 0 Å². The highest BCUT2D eigenvalue weighted by Crippen LogP contribution is 2.21. The molecule has 0 aromatic carbocycles. The van der Waals surface area contributed by atoms with E-state index in [2.05, 4.69) is 0 Å². The van der Waals surface area contributed by atoms with Gasteiger partial charge in [-0.25, -0.2) is 0 Å². The van der Waals surface area contributed by atoms with E-state index >= 15 is 0 Å². The van der Waals surface area contributed by atoms with Crippen molar-refractivity contribution in [3.05, 3.63) is 0 Å². The molecule has 0 unspecified atom stereocenters. The normalized spacial score (nSPS) is 13.8. The fourth-order valence-electron chi connectivity index (χ4n) is 0.778. The van der Waals surface area contributed by atoms with Gasteiger partial charge in [-0.1, -0.05) is 26.2 Å². The first-order chi connectivity index (χ1) is 4.98. The molecule has 2 N–H and O–H groups in total. The highest BCUT2D eigenvalue weighted by atomic mass is 35.5. The Morgan fingerprint density at radius 2 is 1.75 bits per heavy atom. The second kappa shape index (κ2) is 6.54. The zero-order valence-corrected chi connectivity index (χ0v) is 7.84. The van der Waals surface area contributed by atoms with Crippen molar-refractivity contribution in [2.75, 3.05) is 0 Å². The molecule has 0 aliphatic rings. The smallest absolute Gasteiger partial charge is 0.320 e. The Labute approximate surface area is 76.9 Å². The molecule has 0 fully saturated rings. The molecule has 0 saturated carbocycles. The van der Waals surface area contributed by atoms with Crippen LogP contribution in [0.1, 0.15) is 32.6 Å². The van der Waals surface area contributed by atoms with Crippen molar-refractivity contribution in [3.8, 4) is 0 Å². The lowest BCUT2D eigenvalue weighted by Crippen LogP contribution is -2.36. The highest BCUT2D eigenvalue weighted by Gasteiger charge is 2.35. The highest BCUT2D eigenvalue weighted by molar-refractivity contribution is 5.85. The summed E-state index contributed by atoms with van der Waals surface area (Å²) in [4.78, 5) is 0. The SMILES string of the molecule is CCCCC[C@@H](N)C(F)(F)F.Cl. The average molecular weight is 206 g/mol. The molecular formula is C7H15ClF3N. The van der Waals surface area contributed by atoms with Crippen LogP contribution in [0.15, 0.2) is 0 Å². The fourth-order valence-corrected chi connectivity index (χ4v) is 0.778. The third-order valence-electron chi connectivity index (χ3n) is 1.54. The summed E-state index contributed by atoms with van der Waals surface area (Å²) in [7, 11) is 0. The maximum Gasteiger partial charge on any atom is 0.403 e. The Kier molecular flexibility index (Phi) is 7.94. The molecule has 0 aromatic rings. The maximum absolute atomic E-state index is 11.8. The van der Waals surface area contributed by atoms with Crippen LogP contribution in [0, 0.1) is 0 Å². The summed E-state index contributed by atoms with van der Waals surface area (Å²) in [6.45, 7) is 1.94.